The summed E-state index contributed by atoms with van der Waals surface area (Å²) in [6.07, 6.45) is 2.69. The number of carbonyl (C=O) groups is 1. The van der Waals surface area contributed by atoms with Crippen LogP contribution in [0.4, 0.5) is 0 Å². The lowest BCUT2D eigenvalue weighted by Crippen LogP contribution is -2.45. The lowest BCUT2D eigenvalue weighted by atomic mass is 9.75. The molecule has 0 aromatic carbocycles. The second-order valence-corrected chi connectivity index (χ2v) is 7.50. The first kappa shape index (κ1) is 16.4. The summed E-state index contributed by atoms with van der Waals surface area (Å²) in [5, 5.41) is 11.6. The zero-order valence-corrected chi connectivity index (χ0v) is 14.5. The lowest BCUT2D eigenvalue weighted by molar-refractivity contribution is -0.133. The van der Waals surface area contributed by atoms with Crippen molar-refractivity contribution in [3.63, 3.8) is 0 Å². The van der Waals surface area contributed by atoms with Crippen molar-refractivity contribution in [2.45, 2.75) is 65.3 Å². The van der Waals surface area contributed by atoms with Crippen molar-refractivity contribution in [3.8, 4) is 0 Å². The highest BCUT2D eigenvalue weighted by Crippen LogP contribution is 2.63. The van der Waals surface area contributed by atoms with E-state index in [0.717, 1.165) is 12.0 Å². The maximum Gasteiger partial charge on any atom is 0.210 e. The molecule has 5 heteroatoms. The van der Waals surface area contributed by atoms with Crippen molar-refractivity contribution >= 4 is 5.78 Å². The van der Waals surface area contributed by atoms with Gasteiger partial charge in [0.15, 0.2) is 11.4 Å². The first-order valence-corrected chi connectivity index (χ1v) is 8.39. The molecule has 23 heavy (non-hydrogen) atoms. The van der Waals surface area contributed by atoms with Crippen molar-refractivity contribution in [2.75, 3.05) is 6.61 Å². The van der Waals surface area contributed by atoms with Gasteiger partial charge in [-0.15, -0.1) is 0 Å². The summed E-state index contributed by atoms with van der Waals surface area (Å²) in [5.41, 5.74) is -1.67. The van der Waals surface area contributed by atoms with Gasteiger partial charge < -0.3 is 19.3 Å². The summed E-state index contributed by atoms with van der Waals surface area (Å²) in [6, 6.07) is 0. The van der Waals surface area contributed by atoms with Crippen LogP contribution in [0.3, 0.4) is 0 Å². The van der Waals surface area contributed by atoms with Crippen LogP contribution in [-0.4, -0.2) is 35.3 Å². The molecule has 1 fully saturated rings. The van der Waals surface area contributed by atoms with Gasteiger partial charge >= 0.3 is 0 Å². The van der Waals surface area contributed by atoms with E-state index in [1.807, 2.05) is 34.6 Å². The van der Waals surface area contributed by atoms with Crippen LogP contribution in [0.1, 0.15) is 47.5 Å². The van der Waals surface area contributed by atoms with Crippen LogP contribution in [0.5, 0.6) is 0 Å². The van der Waals surface area contributed by atoms with Gasteiger partial charge in [-0.05, 0) is 53.4 Å². The molecule has 3 aliphatic rings. The molecule has 0 aromatic rings. The normalized spacial score (nSPS) is 36.1. The number of hydrogen-bond acceptors (Lipinski definition) is 5. The minimum Gasteiger partial charge on any atom is -0.501 e. The summed E-state index contributed by atoms with van der Waals surface area (Å²) in [7, 11) is 0. The molecule has 0 saturated heterocycles. The van der Waals surface area contributed by atoms with E-state index < -0.39 is 11.0 Å². The number of allylic oxidation sites excluding steroid dienone is 1. The van der Waals surface area contributed by atoms with E-state index in [1.165, 1.54) is 0 Å². The quantitative estimate of drug-likeness (QED) is 0.862. The molecule has 1 N–H and O–H groups in total. The van der Waals surface area contributed by atoms with E-state index in [1.54, 1.807) is 6.26 Å². The van der Waals surface area contributed by atoms with Crippen LogP contribution < -0.4 is 0 Å². The lowest BCUT2D eigenvalue weighted by Gasteiger charge is -2.34. The van der Waals surface area contributed by atoms with Gasteiger partial charge in [0.05, 0.1) is 30.5 Å². The van der Waals surface area contributed by atoms with Crippen LogP contribution in [0.2, 0.25) is 0 Å². The molecule has 0 amide bonds. The highest BCUT2D eigenvalue weighted by atomic mass is 16.5. The molecule has 3 atom stereocenters. The molecule has 0 spiro atoms. The van der Waals surface area contributed by atoms with Gasteiger partial charge in [0.1, 0.15) is 0 Å². The van der Waals surface area contributed by atoms with E-state index in [0.29, 0.717) is 13.0 Å². The maximum absolute atomic E-state index is 13.1. The number of ketones is 1. The van der Waals surface area contributed by atoms with E-state index in [-0.39, 0.29) is 35.4 Å². The molecule has 128 valence electrons. The standard InChI is InChI=1S/C18H26O5/c1-10(2)22-14-15(19)17(5)8-12-6-7-21-9-13(12)18(17,20)16(14)23-11(3)4/h9-12,20H,6-8H2,1-5H3/t12-,17+,18+/m0/s1. The van der Waals surface area contributed by atoms with Crippen LogP contribution in [0.15, 0.2) is 23.4 Å². The molecule has 0 bridgehead atoms. The van der Waals surface area contributed by atoms with Crippen LogP contribution in [-0.2, 0) is 19.0 Å². The van der Waals surface area contributed by atoms with Crippen molar-refractivity contribution in [1.29, 1.82) is 0 Å². The Labute approximate surface area is 137 Å². The summed E-state index contributed by atoms with van der Waals surface area (Å²) in [5.74, 6) is 0.408. The molecule has 5 nitrogen and oxygen atoms in total. The minimum absolute atomic E-state index is 0.147. The molecular weight excluding hydrogens is 296 g/mol. The number of ether oxygens (including phenoxy) is 3. The molecule has 0 unspecified atom stereocenters. The Balaban J connectivity index is 2.16. The van der Waals surface area contributed by atoms with E-state index in [4.69, 9.17) is 14.2 Å². The summed E-state index contributed by atoms with van der Waals surface area (Å²) in [4.78, 5) is 13.1. The zero-order valence-electron chi connectivity index (χ0n) is 14.5. The molecular formula is C18H26O5. The van der Waals surface area contributed by atoms with E-state index in [2.05, 4.69) is 0 Å². The summed E-state index contributed by atoms with van der Waals surface area (Å²) in [6.45, 7) is 9.91. The van der Waals surface area contributed by atoms with Gasteiger partial charge in [0, 0.05) is 5.57 Å². The van der Waals surface area contributed by atoms with Gasteiger partial charge in [0.2, 0.25) is 11.5 Å². The number of fused-ring (bicyclic) bond motifs is 3. The van der Waals surface area contributed by atoms with E-state index in [9.17, 15) is 9.90 Å². The third kappa shape index (κ3) is 2.12. The Morgan fingerprint density at radius 3 is 2.52 bits per heavy atom. The Morgan fingerprint density at radius 2 is 1.91 bits per heavy atom. The van der Waals surface area contributed by atoms with Crippen molar-refractivity contribution in [2.24, 2.45) is 11.3 Å². The fraction of sp³-hybridized carbons (Fsp3) is 0.722. The van der Waals surface area contributed by atoms with Crippen LogP contribution in [0.25, 0.3) is 0 Å². The minimum atomic E-state index is -1.47. The second kappa shape index (κ2) is 5.26. The smallest absolute Gasteiger partial charge is 0.210 e. The number of aliphatic hydroxyl groups is 1. The SMILES string of the molecule is CC(C)OC1=C(OC(C)C)[C@]2(O)C3=COCC[C@H]3C[C@]2(C)C1=O. The number of rotatable bonds is 4. The topological polar surface area (TPSA) is 65.0 Å². The third-order valence-corrected chi connectivity index (χ3v) is 5.05. The molecule has 3 rings (SSSR count). The number of Topliss-reactive ketones (excluding diaryl/α,β-unsaturated/α-hetero) is 1. The predicted octanol–water partition coefficient (Wildman–Crippen LogP) is 2.69. The van der Waals surface area contributed by atoms with Gasteiger partial charge in [-0.1, -0.05) is 0 Å². The first-order valence-electron chi connectivity index (χ1n) is 8.39. The highest BCUT2D eigenvalue weighted by Gasteiger charge is 2.71. The Hall–Kier alpha value is -1.49. The Bertz CT molecular complexity index is 588. The van der Waals surface area contributed by atoms with Crippen molar-refractivity contribution in [3.05, 3.63) is 23.4 Å². The van der Waals surface area contributed by atoms with Gasteiger partial charge in [-0.2, -0.15) is 0 Å². The highest BCUT2D eigenvalue weighted by molar-refractivity contribution is 6.04. The molecule has 2 aliphatic carbocycles. The predicted molar refractivity (Wildman–Crippen MR) is 84.3 cm³/mol. The average molecular weight is 322 g/mol. The Morgan fingerprint density at radius 1 is 1.26 bits per heavy atom. The summed E-state index contributed by atoms with van der Waals surface area (Å²) < 4.78 is 17.1. The monoisotopic (exact) mass is 322 g/mol. The van der Waals surface area contributed by atoms with Crippen molar-refractivity contribution in [1.82, 2.24) is 0 Å². The van der Waals surface area contributed by atoms with Crippen molar-refractivity contribution < 1.29 is 24.1 Å². The molecule has 1 heterocycles. The van der Waals surface area contributed by atoms with E-state index >= 15 is 0 Å². The fourth-order valence-corrected chi connectivity index (χ4v) is 4.04. The number of carbonyl (C=O) groups excluding carboxylic acids is 1. The fourth-order valence-electron chi connectivity index (χ4n) is 4.04. The van der Waals surface area contributed by atoms with Crippen LogP contribution in [0, 0.1) is 11.3 Å². The van der Waals surface area contributed by atoms with Gasteiger partial charge in [0.25, 0.3) is 0 Å². The molecule has 0 radical (unpaired) electrons. The zero-order chi connectivity index (χ0) is 17.0. The Kier molecular flexibility index (Phi) is 3.75. The van der Waals surface area contributed by atoms with Gasteiger partial charge in [-0.3, -0.25) is 4.79 Å². The largest absolute Gasteiger partial charge is 0.501 e. The first-order chi connectivity index (χ1) is 10.7. The molecule has 1 aliphatic heterocycles. The molecule has 1 saturated carbocycles. The average Bonchev–Trinajstić information content (AvgIpc) is 2.78. The molecule has 0 aromatic heterocycles. The maximum atomic E-state index is 13.1. The second-order valence-electron chi connectivity index (χ2n) is 7.50. The number of hydrogen-bond donors (Lipinski definition) is 1. The van der Waals surface area contributed by atoms with Gasteiger partial charge in [-0.25, -0.2) is 0 Å². The third-order valence-electron chi connectivity index (χ3n) is 5.05. The van der Waals surface area contributed by atoms with Crippen LogP contribution >= 0.6 is 0 Å². The summed E-state index contributed by atoms with van der Waals surface area (Å²) >= 11 is 0.